The number of carbonyl (C=O) groups excluding carboxylic acids is 6. The number of ketones is 2. The fourth-order valence-electron chi connectivity index (χ4n) is 7.52. The van der Waals surface area contributed by atoms with Crippen LogP contribution in [0.3, 0.4) is 0 Å². The molecule has 0 saturated heterocycles. The second-order valence-corrected chi connectivity index (χ2v) is 15.6. The van der Waals surface area contributed by atoms with Crippen LogP contribution in [0.2, 0.25) is 0 Å². The van der Waals surface area contributed by atoms with Crippen LogP contribution in [-0.2, 0) is 33.6 Å². The van der Waals surface area contributed by atoms with E-state index < -0.39 is 84.0 Å². The predicted octanol–water partition coefficient (Wildman–Crippen LogP) is 3.20. The summed E-state index contributed by atoms with van der Waals surface area (Å²) in [5.41, 5.74) is 1.22. The number of Topliss-reactive ketones (excluding diaryl/α,β-unsaturated/α-hetero) is 2. The van der Waals surface area contributed by atoms with E-state index in [9.17, 15) is 54.0 Å². The summed E-state index contributed by atoms with van der Waals surface area (Å²) in [6.45, 7) is 4.42. The third-order valence-electron chi connectivity index (χ3n) is 11.2. The molecule has 1 aliphatic heterocycles. The lowest BCUT2D eigenvalue weighted by atomic mass is 9.78. The summed E-state index contributed by atoms with van der Waals surface area (Å²) in [7, 11) is 2.84. The molecule has 316 valence electrons. The van der Waals surface area contributed by atoms with Crippen LogP contribution in [0.1, 0.15) is 111 Å². The third kappa shape index (κ3) is 13.2. The SMILES string of the molecule is CCCCCCCCCC(=O)N(C)[C@H](CO)C(=O)N[C@H](C)C(=O)CCC(=O)N(C)[C@@H]1C(=O)C[C@@H](C)C(=O)N[C@H](C(=O)O)CC2=CCC(O)C(=C2)C2=C(O)C=C[C@H]1C2. The molecular weight excluding hydrogens is 736 g/mol. The molecule has 0 radical (unpaired) electrons. The van der Waals surface area contributed by atoms with Crippen molar-refractivity contribution in [2.75, 3.05) is 20.7 Å². The van der Waals surface area contributed by atoms with Crippen molar-refractivity contribution in [3.8, 4) is 0 Å². The molecule has 1 heterocycles. The molecule has 4 bridgehead atoms. The highest BCUT2D eigenvalue weighted by Crippen LogP contribution is 2.37. The number of hydrogen-bond donors (Lipinski definition) is 6. The molecule has 2 aliphatic carbocycles. The number of nitrogens with zero attached hydrogens (tertiary/aromatic N) is 2. The van der Waals surface area contributed by atoms with Gasteiger partial charge in [-0.2, -0.15) is 0 Å². The number of likely N-dealkylation sites (N-methyl/N-ethyl adjacent to an activating group) is 2. The van der Waals surface area contributed by atoms with E-state index in [1.165, 1.54) is 50.2 Å². The molecule has 3 aliphatic rings. The van der Waals surface area contributed by atoms with E-state index in [0.29, 0.717) is 23.1 Å². The Morgan fingerprint density at radius 2 is 1.61 bits per heavy atom. The third-order valence-corrected chi connectivity index (χ3v) is 11.2. The molecule has 57 heavy (non-hydrogen) atoms. The van der Waals surface area contributed by atoms with Crippen molar-refractivity contribution in [3.63, 3.8) is 0 Å². The van der Waals surface area contributed by atoms with E-state index in [1.807, 2.05) is 0 Å². The molecule has 15 heteroatoms. The van der Waals surface area contributed by atoms with Gasteiger partial charge in [0.25, 0.3) is 0 Å². The number of rotatable bonds is 18. The molecular formula is C42H62N4O11. The average Bonchev–Trinajstić information content (AvgIpc) is 3.17. The van der Waals surface area contributed by atoms with Crippen molar-refractivity contribution in [1.82, 2.24) is 20.4 Å². The lowest BCUT2D eigenvalue weighted by molar-refractivity contribution is -0.143. The molecule has 0 fully saturated rings. The monoisotopic (exact) mass is 798 g/mol. The van der Waals surface area contributed by atoms with Crippen molar-refractivity contribution >= 4 is 41.2 Å². The van der Waals surface area contributed by atoms with Gasteiger partial charge < -0.3 is 40.9 Å². The van der Waals surface area contributed by atoms with Crippen LogP contribution in [0.4, 0.5) is 0 Å². The molecule has 0 aromatic heterocycles. The first kappa shape index (κ1) is 46.8. The zero-order chi connectivity index (χ0) is 42.4. The lowest BCUT2D eigenvalue weighted by Gasteiger charge is -2.36. The van der Waals surface area contributed by atoms with Crippen LogP contribution in [-0.4, -0.2) is 122 Å². The first-order valence-corrected chi connectivity index (χ1v) is 20.2. The minimum Gasteiger partial charge on any atom is -0.508 e. The summed E-state index contributed by atoms with van der Waals surface area (Å²) in [6, 6.07) is -4.75. The zero-order valence-corrected chi connectivity index (χ0v) is 34.0. The number of aliphatic hydroxyl groups excluding tert-OH is 3. The smallest absolute Gasteiger partial charge is 0.326 e. The quantitative estimate of drug-likeness (QED) is 0.110. The Morgan fingerprint density at radius 1 is 0.947 bits per heavy atom. The fourth-order valence-corrected chi connectivity index (χ4v) is 7.52. The largest absolute Gasteiger partial charge is 0.508 e. The molecule has 0 aromatic rings. The molecule has 7 atom stereocenters. The number of allylic oxidation sites excluding steroid dienone is 2. The van der Waals surface area contributed by atoms with Crippen LogP contribution < -0.4 is 10.6 Å². The molecule has 6 N–H and O–H groups in total. The minimum absolute atomic E-state index is 0.0412. The summed E-state index contributed by atoms with van der Waals surface area (Å²) >= 11 is 0. The Kier molecular flexibility index (Phi) is 18.3. The Hall–Kier alpha value is -4.63. The molecule has 1 unspecified atom stereocenters. The summed E-state index contributed by atoms with van der Waals surface area (Å²) in [4.78, 5) is 94.3. The summed E-state index contributed by atoms with van der Waals surface area (Å²) in [5, 5.41) is 46.7. The van der Waals surface area contributed by atoms with Gasteiger partial charge in [-0.3, -0.25) is 28.8 Å². The number of aliphatic hydroxyl groups is 3. The van der Waals surface area contributed by atoms with Gasteiger partial charge >= 0.3 is 5.97 Å². The van der Waals surface area contributed by atoms with Gasteiger partial charge in [0.15, 0.2) is 11.6 Å². The van der Waals surface area contributed by atoms with Gasteiger partial charge in [0.2, 0.25) is 23.6 Å². The number of nitrogens with one attached hydrogen (secondary N) is 2. The maximum atomic E-state index is 14.0. The van der Waals surface area contributed by atoms with E-state index in [1.54, 1.807) is 18.2 Å². The van der Waals surface area contributed by atoms with Crippen LogP contribution in [0.15, 0.2) is 46.8 Å². The van der Waals surface area contributed by atoms with Gasteiger partial charge in [0, 0.05) is 63.6 Å². The van der Waals surface area contributed by atoms with Gasteiger partial charge in [-0.1, -0.05) is 70.6 Å². The zero-order valence-electron chi connectivity index (χ0n) is 34.0. The summed E-state index contributed by atoms with van der Waals surface area (Å²) < 4.78 is 0. The van der Waals surface area contributed by atoms with Gasteiger partial charge in [0.05, 0.1) is 24.8 Å². The second kappa shape index (κ2) is 22.3. The molecule has 15 nitrogen and oxygen atoms in total. The number of aliphatic carboxylic acids is 1. The average molecular weight is 799 g/mol. The van der Waals surface area contributed by atoms with Crippen LogP contribution in [0.25, 0.3) is 0 Å². The Bertz CT molecular complexity index is 1630. The molecule has 0 saturated carbocycles. The normalized spacial score (nSPS) is 23.6. The standard InChI is InChI=1S/C42H62N4O11/c1-6-7-8-9-10-11-12-13-37(52)45(4)32(24-47)41(55)43-26(3)33(48)18-19-38(53)46(5)39-28-15-17-35(50)30(23-28)29-21-27(14-16-34(29)49)22-31(42(56)57)44-40(54)25(2)20-36(39)51/h14-15,17,21,25-26,28,31-32,34,39,47,49-50H,6-13,16,18-20,22-24H2,1-5H3,(H,43,55)(H,44,54)(H,56,57)/t25-,26-,28+,31+,32-,34?,39+/m1/s1. The maximum Gasteiger partial charge on any atom is 0.326 e. The predicted molar refractivity (Wildman–Crippen MR) is 211 cm³/mol. The second-order valence-electron chi connectivity index (χ2n) is 15.6. The number of carbonyl (C=O) groups is 7. The fraction of sp³-hybridized carbons (Fsp3) is 0.643. The highest BCUT2D eigenvalue weighted by atomic mass is 16.4. The highest BCUT2D eigenvalue weighted by molar-refractivity contribution is 5.96. The van der Waals surface area contributed by atoms with Crippen LogP contribution in [0.5, 0.6) is 0 Å². The van der Waals surface area contributed by atoms with Gasteiger partial charge in [-0.15, -0.1) is 0 Å². The minimum atomic E-state index is -1.32. The molecule has 0 aromatic carbocycles. The Labute approximate surface area is 335 Å². The summed E-state index contributed by atoms with van der Waals surface area (Å²) in [5.74, 6) is -6.32. The van der Waals surface area contributed by atoms with Crippen molar-refractivity contribution in [2.45, 2.75) is 141 Å². The van der Waals surface area contributed by atoms with E-state index in [4.69, 9.17) is 0 Å². The highest BCUT2D eigenvalue weighted by Gasteiger charge is 2.39. The first-order valence-electron chi connectivity index (χ1n) is 20.2. The number of unbranched alkanes of at least 4 members (excludes halogenated alkanes) is 6. The van der Waals surface area contributed by atoms with E-state index >= 15 is 0 Å². The summed E-state index contributed by atoms with van der Waals surface area (Å²) in [6.07, 6.45) is 11.7. The van der Waals surface area contributed by atoms with Gasteiger partial charge in [-0.05, 0) is 43.4 Å². The first-order chi connectivity index (χ1) is 27.0. The maximum absolute atomic E-state index is 14.0. The van der Waals surface area contributed by atoms with E-state index in [-0.39, 0.29) is 56.6 Å². The molecule has 3 rings (SSSR count). The number of fused-ring (bicyclic) bond motifs is 4. The van der Waals surface area contributed by atoms with Crippen molar-refractivity contribution in [1.29, 1.82) is 0 Å². The van der Waals surface area contributed by atoms with Crippen LogP contribution in [0, 0.1) is 11.8 Å². The number of amides is 4. The number of carboxylic acids is 1. The van der Waals surface area contributed by atoms with Crippen molar-refractivity contribution < 1.29 is 54.0 Å². The Balaban J connectivity index is 1.70. The molecule has 0 spiro atoms. The Morgan fingerprint density at radius 3 is 2.26 bits per heavy atom. The number of carboxylic acid groups (broad SMARTS) is 1. The van der Waals surface area contributed by atoms with Gasteiger partial charge in [0.1, 0.15) is 17.8 Å². The topological polar surface area (TPSA) is 231 Å². The number of hydrogen-bond acceptors (Lipinski definition) is 10. The molecule has 4 amide bonds. The van der Waals surface area contributed by atoms with E-state index in [2.05, 4.69) is 17.6 Å². The van der Waals surface area contributed by atoms with Crippen molar-refractivity contribution in [2.24, 2.45) is 11.8 Å². The van der Waals surface area contributed by atoms with Crippen LogP contribution >= 0.6 is 0 Å². The van der Waals surface area contributed by atoms with Gasteiger partial charge in [-0.25, -0.2) is 4.79 Å². The van der Waals surface area contributed by atoms with Crippen molar-refractivity contribution in [3.05, 3.63) is 46.8 Å². The van der Waals surface area contributed by atoms with E-state index in [0.717, 1.165) is 32.1 Å². The lowest BCUT2D eigenvalue weighted by Crippen LogP contribution is -2.53.